The van der Waals surface area contributed by atoms with Gasteiger partial charge in [0.15, 0.2) is 46.1 Å². The maximum absolute atomic E-state index is 13.0. The lowest BCUT2D eigenvalue weighted by Gasteiger charge is -2.36. The summed E-state index contributed by atoms with van der Waals surface area (Å²) in [5.74, 6) is -3.84. The Morgan fingerprint density at radius 3 is 1.15 bits per heavy atom. The lowest BCUT2D eigenvalue weighted by atomic mass is 10.1. The van der Waals surface area contributed by atoms with Gasteiger partial charge in [0.25, 0.3) is 11.4 Å². The van der Waals surface area contributed by atoms with E-state index in [-0.39, 0.29) is 118 Å². The van der Waals surface area contributed by atoms with E-state index in [1.165, 1.54) is 65.1 Å². The molecule has 0 saturated heterocycles. The first-order chi connectivity index (χ1) is 54.6. The highest BCUT2D eigenvalue weighted by Crippen LogP contribution is 2.39. The molecule has 35 heteroatoms. The van der Waals surface area contributed by atoms with Crippen LogP contribution in [0.4, 0.5) is 38.0 Å². The predicted octanol–water partition coefficient (Wildman–Crippen LogP) is 15.9. The van der Waals surface area contributed by atoms with Gasteiger partial charge in [0, 0.05) is 75.4 Å². The Hall–Kier alpha value is -11.0. The number of rotatable bonds is 27. The highest BCUT2D eigenvalue weighted by Gasteiger charge is 2.39. The van der Waals surface area contributed by atoms with Crippen molar-refractivity contribution in [2.24, 2.45) is 0 Å². The summed E-state index contributed by atoms with van der Waals surface area (Å²) in [5.41, 5.74) is 14.0. The molecule has 5 aromatic carbocycles. The number of nitrogens with two attached hydrogens (primary N) is 2. The number of ketones is 4. The number of methoxy groups -OCH3 is 1. The fourth-order valence-electron chi connectivity index (χ4n) is 8.92. The second-order valence-corrected chi connectivity index (χ2v) is 44.2. The zero-order chi connectivity index (χ0) is 93.4. The minimum absolute atomic E-state index is 0.00749. The van der Waals surface area contributed by atoms with E-state index < -0.39 is 97.7 Å². The molecule has 10 N–H and O–H groups in total. The van der Waals surface area contributed by atoms with Crippen molar-refractivity contribution < 1.29 is 115 Å². The molecule has 0 unspecified atom stereocenters. The Morgan fingerprint density at radius 1 is 0.467 bits per heavy atom. The van der Waals surface area contributed by atoms with Crippen molar-refractivity contribution in [3.05, 3.63) is 167 Å². The van der Waals surface area contributed by atoms with Crippen molar-refractivity contribution in [3.63, 3.8) is 0 Å². The largest absolute Gasteiger partial charge is 0.481 e. The summed E-state index contributed by atoms with van der Waals surface area (Å²) in [6.45, 7) is 48.0. The van der Waals surface area contributed by atoms with E-state index in [1.807, 2.05) is 6.07 Å². The lowest BCUT2D eigenvalue weighted by molar-refractivity contribution is -0.385. The number of carboxylic acid groups (broad SMARTS) is 1. The number of aliphatic hydroxyl groups excluding tert-OH is 2. The molecule has 0 aliphatic heterocycles. The number of nitrogens with one attached hydrogen (secondary N) is 3. The highest BCUT2D eigenvalue weighted by atomic mass is 28.4. The molecule has 0 fully saturated rings. The summed E-state index contributed by atoms with van der Waals surface area (Å²) < 4.78 is 38.1. The number of ether oxygens (including phenoxy) is 5. The van der Waals surface area contributed by atoms with Gasteiger partial charge in [-0.1, -0.05) is 84.0 Å². The monoisotopic (exact) mass is 1720 g/mol. The molecule has 0 radical (unpaired) electrons. The maximum Gasteiger partial charge on any atom is 0.408 e. The molecule has 2 atom stereocenters. The number of anilines is 3. The molecule has 0 heterocycles. The number of esters is 3. The van der Waals surface area contributed by atoms with Crippen molar-refractivity contribution in [1.29, 1.82) is 0 Å². The van der Waals surface area contributed by atoms with Gasteiger partial charge in [-0.15, -0.1) is 0 Å². The third-order valence-electron chi connectivity index (χ3n) is 17.6. The number of hydrogen-bond acceptors (Lipinski definition) is 27. The molecule has 33 nitrogen and oxygen atoms in total. The zero-order valence-electron chi connectivity index (χ0n) is 74.3. The molecule has 3 amide bonds. The summed E-state index contributed by atoms with van der Waals surface area (Å²) in [4.78, 5) is 159. The van der Waals surface area contributed by atoms with E-state index in [0.717, 1.165) is 17.2 Å². The fraction of sp³-hybridized carbons (Fsp3) is 0.506. The first-order valence-corrected chi connectivity index (χ1v) is 44.0. The van der Waals surface area contributed by atoms with Crippen molar-refractivity contribution in [1.82, 2.24) is 10.6 Å². The smallest absolute Gasteiger partial charge is 0.408 e. The minimum atomic E-state index is -2.06. The van der Waals surface area contributed by atoms with Crippen LogP contribution >= 0.6 is 0 Å². The SMILES string of the molecule is CC(=O)c1ccc(C=O)c([N+](=O)[O-])c1.CC(=O)c1ccc(CO)c(N)c1.CC(=O)c1ccc(CO)c([N+](=O)[O-])c1.CC(=O)c1ccc(CO[Si](C)(C)C(C)(C)C)c(NC(=O)CC[C@H](NC(=O)OC(C)(C)C)C(=O)OC(C)(C)C)c1.CC(C)(C)OC(=O)N[C@@H](CCC(=O)O)C(=O)OC(C)(C)C.COC(=O)c1ccc(CO[Si](C)(C)C(C)(C)C)c(N)c1. The Balaban J connectivity index is 0.00000150. The molecule has 120 heavy (non-hydrogen) atoms. The van der Waals surface area contributed by atoms with E-state index >= 15 is 0 Å². The number of nitro groups is 2. The molecule has 664 valence electrons. The number of carboxylic acids is 1. The maximum atomic E-state index is 13.0. The Morgan fingerprint density at radius 2 is 0.800 bits per heavy atom. The molecule has 0 aliphatic carbocycles. The van der Waals surface area contributed by atoms with E-state index in [2.05, 4.69) is 88.4 Å². The molecule has 0 spiro atoms. The quantitative estimate of drug-likeness (QED) is 0.00354. The van der Waals surface area contributed by atoms with E-state index in [9.17, 15) is 77.8 Å². The first-order valence-electron chi connectivity index (χ1n) is 38.1. The third-order valence-corrected chi connectivity index (χ3v) is 26.5. The Kier molecular flexibility index (Phi) is 43.3. The van der Waals surface area contributed by atoms with Crippen LogP contribution < -0.4 is 27.4 Å². The number of carbonyl (C=O) groups is 12. The van der Waals surface area contributed by atoms with Gasteiger partial charge >= 0.3 is 36.1 Å². The second kappa shape index (κ2) is 47.7. The van der Waals surface area contributed by atoms with E-state index in [1.54, 1.807) is 132 Å². The molecule has 0 aromatic heterocycles. The summed E-state index contributed by atoms with van der Waals surface area (Å²) in [6, 6.07) is 20.8. The first kappa shape index (κ1) is 109. The number of nitro benzene ring substituents is 2. The number of carbonyl (C=O) groups excluding carboxylic acids is 11. The van der Waals surface area contributed by atoms with Crippen LogP contribution in [0.15, 0.2) is 91.0 Å². The summed E-state index contributed by atoms with van der Waals surface area (Å²) >= 11 is 0. The zero-order valence-corrected chi connectivity index (χ0v) is 76.3. The number of nitrogen functional groups attached to an aromatic ring is 2. The predicted molar refractivity (Wildman–Crippen MR) is 460 cm³/mol. The van der Waals surface area contributed by atoms with Gasteiger partial charge < -0.3 is 75.3 Å². The number of Topliss-reactive ketones (excluding diaryl/α,β-unsaturated/α-hetero) is 4. The van der Waals surface area contributed by atoms with Gasteiger partial charge in [0.2, 0.25) is 5.91 Å². The van der Waals surface area contributed by atoms with Crippen molar-refractivity contribution in [3.8, 4) is 0 Å². The number of aliphatic carboxylic acids is 1. The van der Waals surface area contributed by atoms with Crippen LogP contribution in [0.25, 0.3) is 0 Å². The topological polar surface area (TPSA) is 505 Å². The summed E-state index contributed by atoms with van der Waals surface area (Å²) in [7, 11) is -2.51. The molecule has 5 aromatic rings. The van der Waals surface area contributed by atoms with Crippen molar-refractivity contribution >= 4 is 116 Å². The van der Waals surface area contributed by atoms with Crippen LogP contribution in [-0.2, 0) is 78.1 Å². The van der Waals surface area contributed by atoms with Crippen LogP contribution in [-0.4, -0.2) is 155 Å². The Labute approximate surface area is 705 Å². The van der Waals surface area contributed by atoms with Gasteiger partial charge in [0.05, 0.1) is 60.1 Å². The van der Waals surface area contributed by atoms with Crippen LogP contribution in [0, 0.1) is 20.2 Å². The lowest BCUT2D eigenvalue weighted by Crippen LogP contribution is -2.46. The highest BCUT2D eigenvalue weighted by molar-refractivity contribution is 6.74. The van der Waals surface area contributed by atoms with Gasteiger partial charge in [-0.3, -0.25) is 53.8 Å². The van der Waals surface area contributed by atoms with E-state index in [4.69, 9.17) is 54.6 Å². The number of alkyl carbamates (subject to hydrolysis) is 2. The molecular weight excluding hydrogens is 1590 g/mol. The van der Waals surface area contributed by atoms with Gasteiger partial charge in [-0.25, -0.2) is 24.0 Å². The standard InChI is InChI=1S/C29H48N2O7Si.C15H25NO3Si.C14H25NO6.C9H9NO4.C9H7NO4.C9H11NO2/c1-19(32)20-13-14-21(18-36-39(11,12)29(8,9)10)23(17-20)30-24(33)16-15-22(25(34)37-27(2,3)4)31-26(35)38-28(5,6)7;1-15(2,3)20(5,6)19-10-12-8-7-11(9-13(12)16)14(17)18-4;1-13(2,3)20-11(18)9(7-8-10(16)17)15-12(19)21-14(4,5)6;2*1-6(12)7-2-3-8(5-11)9(4-7)10(13)14;1-6(12)7-2-3-8(5-11)9(10)4-7/h13-14,17,22H,15-16,18H2,1-12H3,(H,30,33)(H,31,35);7-9H,10,16H2,1-6H3;9H,7-8H2,1-6H3,(H,15,19)(H,16,17);2-4,11H,5H2,1H3;2-5H,1H3;2-4,11H,5,10H2,1H3/t22-;;9-;;;/m0.0.../s1. The number of aldehydes is 1. The number of aliphatic hydroxyl groups is 2. The fourth-order valence-corrected chi connectivity index (χ4v) is 10.8. The number of hydrogen-bond donors (Lipinski definition) is 8. The van der Waals surface area contributed by atoms with Crippen molar-refractivity contribution in [2.75, 3.05) is 23.9 Å². The van der Waals surface area contributed by atoms with Crippen LogP contribution in [0.3, 0.4) is 0 Å². The third kappa shape index (κ3) is 41.6. The summed E-state index contributed by atoms with van der Waals surface area (Å²) in [6.07, 6.45) is -1.61. The average molecular weight is 1720 g/mol. The number of amides is 3. The second-order valence-electron chi connectivity index (χ2n) is 34.6. The van der Waals surface area contributed by atoms with Gasteiger partial charge in [-0.2, -0.15) is 0 Å². The molecular formula is C85H125N7O26Si2. The van der Waals surface area contributed by atoms with E-state index in [0.29, 0.717) is 52.2 Å². The van der Waals surface area contributed by atoms with Crippen molar-refractivity contribution in [2.45, 2.75) is 275 Å². The number of nitrogens with zero attached hydrogens (tertiary/aromatic N) is 2. The minimum Gasteiger partial charge on any atom is -0.481 e. The summed E-state index contributed by atoms with van der Waals surface area (Å²) in [5, 5.41) is 55.2. The normalized spacial score (nSPS) is 11.9. The number of benzene rings is 5. The van der Waals surface area contributed by atoms with Crippen LogP contribution in [0.1, 0.15) is 262 Å². The van der Waals surface area contributed by atoms with Crippen LogP contribution in [0.2, 0.25) is 36.3 Å². The van der Waals surface area contributed by atoms with Gasteiger partial charge in [0.1, 0.15) is 34.5 Å². The molecule has 0 saturated carbocycles. The van der Waals surface area contributed by atoms with Gasteiger partial charge in [-0.05, 0) is 202 Å². The molecule has 0 bridgehead atoms. The Bertz CT molecular complexity index is 4420. The average Bonchev–Trinajstić information content (AvgIpc) is 0.855. The molecule has 5 rings (SSSR count). The molecule has 0 aliphatic rings. The van der Waals surface area contributed by atoms with Crippen LogP contribution in [0.5, 0.6) is 0 Å².